The van der Waals surface area contributed by atoms with Crippen molar-refractivity contribution in [2.75, 3.05) is 6.67 Å². The lowest BCUT2D eigenvalue weighted by molar-refractivity contribution is -0.202. The highest BCUT2D eigenvalue weighted by Gasteiger charge is 2.48. The van der Waals surface area contributed by atoms with Gasteiger partial charge in [-0.15, -0.1) is 0 Å². The van der Waals surface area contributed by atoms with Crippen LogP contribution in [-0.2, 0) is 23.8 Å². The Morgan fingerprint density at radius 3 is 2.35 bits per heavy atom. The molecule has 20 heavy (non-hydrogen) atoms. The van der Waals surface area contributed by atoms with Crippen LogP contribution >= 0.6 is 15.9 Å². The summed E-state index contributed by atoms with van der Waals surface area (Å²) in [4.78, 5) is 24.9. The topological polar surface area (TPSA) is 111 Å². The Bertz CT molecular complexity index is 431. The average Bonchev–Trinajstić information content (AvgIpc) is 2.35. The molecule has 0 N–H and O–H groups in total. The molecule has 0 aromatic carbocycles. The van der Waals surface area contributed by atoms with Gasteiger partial charge in [0, 0.05) is 18.8 Å². The summed E-state index contributed by atoms with van der Waals surface area (Å²) in [5, 5.41) is 2.58. The second kappa shape index (κ2) is 7.41. The molecule has 1 heterocycles. The highest BCUT2D eigenvalue weighted by molar-refractivity contribution is 9.09. The van der Waals surface area contributed by atoms with Crippen molar-refractivity contribution in [2.24, 2.45) is 5.11 Å². The minimum atomic E-state index is -1.19. The summed E-state index contributed by atoms with van der Waals surface area (Å²) in [6.07, 6.45) is -3.45. The zero-order valence-corrected chi connectivity index (χ0v) is 12.3. The molecule has 0 radical (unpaired) electrons. The van der Waals surface area contributed by atoms with Crippen LogP contribution < -0.4 is 0 Å². The van der Waals surface area contributed by atoms with E-state index in [2.05, 4.69) is 26.0 Å². The van der Waals surface area contributed by atoms with Gasteiger partial charge in [0.05, 0.1) is 0 Å². The standard InChI is InChI=1S/C10H13BrFN3O5/c1-4(16)18-8-6(3-12)20-10(11)7(14-15-13)9(8)19-5(2)17/h6-10H,3H2,1-2H3/t6?,7?,8-,9?,10-/m0/s1. The number of hydrogen-bond acceptors (Lipinski definition) is 6. The summed E-state index contributed by atoms with van der Waals surface area (Å²) >= 11 is 3.08. The predicted octanol–water partition coefficient (Wildman–Crippen LogP) is 1.62. The lowest BCUT2D eigenvalue weighted by atomic mass is 9.98. The third-order valence-corrected chi connectivity index (χ3v) is 3.30. The first-order chi connectivity index (χ1) is 9.40. The molecule has 0 aromatic heterocycles. The molecule has 8 nitrogen and oxygen atoms in total. The number of rotatable bonds is 4. The monoisotopic (exact) mass is 353 g/mol. The molecule has 0 amide bonds. The Kier molecular flexibility index (Phi) is 6.18. The largest absolute Gasteiger partial charge is 0.458 e. The zero-order valence-electron chi connectivity index (χ0n) is 10.7. The number of hydrogen-bond donors (Lipinski definition) is 0. The van der Waals surface area contributed by atoms with Gasteiger partial charge in [-0.25, -0.2) is 4.39 Å². The molecule has 1 aliphatic rings. The van der Waals surface area contributed by atoms with Gasteiger partial charge < -0.3 is 14.2 Å². The van der Waals surface area contributed by atoms with Crippen LogP contribution in [-0.4, -0.2) is 48.0 Å². The molecule has 0 aliphatic carbocycles. The molecule has 1 aliphatic heterocycles. The van der Waals surface area contributed by atoms with E-state index in [-0.39, 0.29) is 0 Å². The molecule has 0 bridgehead atoms. The third kappa shape index (κ3) is 4.06. The molecule has 0 spiro atoms. The molecule has 1 rings (SSSR count). The van der Waals surface area contributed by atoms with Crippen molar-refractivity contribution >= 4 is 27.9 Å². The second-order valence-electron chi connectivity index (χ2n) is 4.02. The van der Waals surface area contributed by atoms with E-state index in [0.717, 1.165) is 13.8 Å². The normalized spacial score (nSPS) is 32.9. The van der Waals surface area contributed by atoms with Crippen LogP contribution in [0.25, 0.3) is 10.4 Å². The number of ether oxygens (including phenoxy) is 3. The summed E-state index contributed by atoms with van der Waals surface area (Å²) in [6, 6.07) is -0.990. The number of halogens is 2. The number of carbonyl (C=O) groups excluding carboxylic acids is 2. The smallest absolute Gasteiger partial charge is 0.303 e. The molecule has 0 aromatic rings. The number of carbonyl (C=O) groups is 2. The van der Waals surface area contributed by atoms with Crippen LogP contribution in [0, 0.1) is 0 Å². The molecular formula is C10H13BrFN3O5. The van der Waals surface area contributed by atoms with Crippen molar-refractivity contribution in [3.8, 4) is 0 Å². The van der Waals surface area contributed by atoms with Crippen LogP contribution in [0.3, 0.4) is 0 Å². The Labute approximate surface area is 122 Å². The maximum Gasteiger partial charge on any atom is 0.303 e. The van der Waals surface area contributed by atoms with Crippen LogP contribution in [0.15, 0.2) is 5.11 Å². The van der Waals surface area contributed by atoms with Crippen molar-refractivity contribution in [2.45, 2.75) is 43.2 Å². The second-order valence-corrected chi connectivity index (χ2v) is 4.93. The average molecular weight is 354 g/mol. The fraction of sp³-hybridized carbons (Fsp3) is 0.800. The van der Waals surface area contributed by atoms with Gasteiger partial charge in [0.1, 0.15) is 23.8 Å². The SMILES string of the molecule is CC(=O)OC1C(N=[N+]=[N-])[C@@H](Br)OC(CF)[C@@H]1OC(C)=O. The van der Waals surface area contributed by atoms with Crippen LogP contribution in [0.2, 0.25) is 0 Å². The van der Waals surface area contributed by atoms with Gasteiger partial charge in [0.2, 0.25) is 0 Å². The van der Waals surface area contributed by atoms with Crippen molar-refractivity contribution in [3.05, 3.63) is 10.4 Å². The van der Waals surface area contributed by atoms with E-state index >= 15 is 0 Å². The fourth-order valence-electron chi connectivity index (χ4n) is 1.84. The zero-order chi connectivity index (χ0) is 15.3. The summed E-state index contributed by atoms with van der Waals surface area (Å²) in [5.74, 6) is -1.37. The maximum absolute atomic E-state index is 13.0. The van der Waals surface area contributed by atoms with E-state index in [4.69, 9.17) is 19.7 Å². The van der Waals surface area contributed by atoms with E-state index in [1.807, 2.05) is 0 Å². The first-order valence-corrected chi connectivity index (χ1v) is 6.56. The molecule has 1 saturated heterocycles. The van der Waals surface area contributed by atoms with Gasteiger partial charge in [-0.2, -0.15) is 0 Å². The quantitative estimate of drug-likeness (QED) is 0.250. The highest BCUT2D eigenvalue weighted by Crippen LogP contribution is 2.31. The lowest BCUT2D eigenvalue weighted by Gasteiger charge is -2.41. The molecule has 5 atom stereocenters. The van der Waals surface area contributed by atoms with Gasteiger partial charge >= 0.3 is 11.9 Å². The third-order valence-electron chi connectivity index (χ3n) is 2.54. The van der Waals surface area contributed by atoms with Crippen molar-refractivity contribution < 1.29 is 28.2 Å². The Balaban J connectivity index is 3.10. The molecule has 1 fully saturated rings. The minimum Gasteiger partial charge on any atom is -0.458 e. The summed E-state index contributed by atoms with van der Waals surface area (Å²) in [6.45, 7) is 1.31. The van der Waals surface area contributed by atoms with E-state index in [0.29, 0.717) is 0 Å². The van der Waals surface area contributed by atoms with Crippen LogP contribution in [0.1, 0.15) is 13.8 Å². The van der Waals surface area contributed by atoms with Crippen molar-refractivity contribution in [1.29, 1.82) is 0 Å². The molecule has 10 heteroatoms. The number of esters is 2. The van der Waals surface area contributed by atoms with Gasteiger partial charge in [-0.1, -0.05) is 21.0 Å². The van der Waals surface area contributed by atoms with E-state index in [9.17, 15) is 14.0 Å². The van der Waals surface area contributed by atoms with E-state index in [1.165, 1.54) is 0 Å². The summed E-state index contributed by atoms with van der Waals surface area (Å²) < 4.78 is 28.2. The Morgan fingerprint density at radius 1 is 1.35 bits per heavy atom. The van der Waals surface area contributed by atoms with Gasteiger partial charge in [0.15, 0.2) is 12.2 Å². The molecular weight excluding hydrogens is 341 g/mol. The fourth-order valence-corrected chi connectivity index (χ4v) is 2.53. The Hall–Kier alpha value is -1.38. The minimum absolute atomic E-state index is 0.676. The van der Waals surface area contributed by atoms with Gasteiger partial charge in [0.25, 0.3) is 0 Å². The predicted molar refractivity (Wildman–Crippen MR) is 67.6 cm³/mol. The Morgan fingerprint density at radius 2 is 1.90 bits per heavy atom. The lowest BCUT2D eigenvalue weighted by Crippen LogP contribution is -2.58. The van der Waals surface area contributed by atoms with Crippen molar-refractivity contribution in [1.82, 2.24) is 0 Å². The summed E-state index contributed by atoms with van der Waals surface area (Å²) in [7, 11) is 0. The number of nitrogens with zero attached hydrogens (tertiary/aromatic N) is 3. The van der Waals surface area contributed by atoms with Crippen LogP contribution in [0.4, 0.5) is 4.39 Å². The molecule has 112 valence electrons. The number of azide groups is 1. The van der Waals surface area contributed by atoms with Gasteiger partial charge in [-0.3, -0.25) is 9.59 Å². The number of alkyl halides is 2. The first kappa shape index (κ1) is 16.7. The molecule has 3 unspecified atom stereocenters. The van der Waals surface area contributed by atoms with Crippen molar-refractivity contribution in [3.63, 3.8) is 0 Å². The van der Waals surface area contributed by atoms with Gasteiger partial charge in [-0.05, 0) is 5.53 Å². The molecule has 0 saturated carbocycles. The first-order valence-electron chi connectivity index (χ1n) is 5.64. The van der Waals surface area contributed by atoms with E-state index in [1.54, 1.807) is 0 Å². The van der Waals surface area contributed by atoms with Crippen LogP contribution in [0.5, 0.6) is 0 Å². The summed E-state index contributed by atoms with van der Waals surface area (Å²) in [5.41, 5.74) is 8.54. The maximum atomic E-state index is 13.0. The van der Waals surface area contributed by atoms with E-state index < -0.39 is 48.0 Å². The highest BCUT2D eigenvalue weighted by atomic mass is 79.9.